The number of nitrogens with zero attached hydrogens (tertiary/aromatic N) is 2. The van der Waals surface area contributed by atoms with Crippen LogP contribution < -0.4 is 0 Å². The summed E-state index contributed by atoms with van der Waals surface area (Å²) in [5.41, 5.74) is 2.41. The molecule has 126 valence electrons. The fourth-order valence-electron chi connectivity index (χ4n) is 4.26. The largest absolute Gasteiger partial charge is 0.302 e. The quantitative estimate of drug-likeness (QED) is 0.859. The zero-order valence-corrected chi connectivity index (χ0v) is 13.9. The smallest absolute Gasteiger partial charge is 0.123 e. The van der Waals surface area contributed by atoms with Crippen LogP contribution in [-0.4, -0.2) is 34.7 Å². The Morgan fingerprint density at radius 3 is 2.62 bits per heavy atom. The van der Waals surface area contributed by atoms with Crippen molar-refractivity contribution >= 4 is 0 Å². The second-order valence-corrected chi connectivity index (χ2v) is 7.15. The van der Waals surface area contributed by atoms with Gasteiger partial charge in [-0.1, -0.05) is 24.3 Å². The van der Waals surface area contributed by atoms with E-state index >= 15 is 0 Å². The van der Waals surface area contributed by atoms with Gasteiger partial charge in [0.2, 0.25) is 0 Å². The average Bonchev–Trinajstić information content (AvgIpc) is 3.26. The summed E-state index contributed by atoms with van der Waals surface area (Å²) in [6.45, 7) is 3.24. The molecule has 0 saturated carbocycles. The molecule has 1 aromatic heterocycles. The highest BCUT2D eigenvalue weighted by Crippen LogP contribution is 2.39. The Morgan fingerprint density at radius 2 is 1.92 bits per heavy atom. The fourth-order valence-corrected chi connectivity index (χ4v) is 4.26. The highest BCUT2D eigenvalue weighted by atomic mass is 19.1. The van der Waals surface area contributed by atoms with E-state index in [1.54, 1.807) is 12.1 Å². The van der Waals surface area contributed by atoms with Crippen LogP contribution in [0.25, 0.3) is 0 Å². The summed E-state index contributed by atoms with van der Waals surface area (Å²) in [5, 5.41) is 7.29. The summed E-state index contributed by atoms with van der Waals surface area (Å²) in [7, 11) is 0. The van der Waals surface area contributed by atoms with Gasteiger partial charge in [-0.05, 0) is 48.9 Å². The van der Waals surface area contributed by atoms with Crippen molar-refractivity contribution in [2.24, 2.45) is 5.92 Å². The molecule has 3 nitrogen and oxygen atoms in total. The molecular formula is C20H24FN3. The monoisotopic (exact) mass is 325 g/mol. The standard InChI is InChI=1S/C20H24FN3/c21-17-8-6-16(7-9-17)18-13-24(12-15-4-2-1-3-5-15)14-19(18)20-10-11-22-23-20/h1-2,6-11,15,18-19H,3-5,12-14H2,(H,22,23)/t15-,18+,19-/m1/s1. The number of halogens is 1. The number of nitrogens with one attached hydrogen (secondary N) is 1. The van der Waals surface area contributed by atoms with Crippen molar-refractivity contribution in [2.45, 2.75) is 31.1 Å². The zero-order chi connectivity index (χ0) is 16.4. The van der Waals surface area contributed by atoms with Crippen LogP contribution in [0.2, 0.25) is 0 Å². The number of aromatic amines is 1. The zero-order valence-electron chi connectivity index (χ0n) is 13.9. The van der Waals surface area contributed by atoms with Gasteiger partial charge in [-0.15, -0.1) is 0 Å². The second kappa shape index (κ2) is 6.89. The van der Waals surface area contributed by atoms with Gasteiger partial charge in [-0.25, -0.2) is 4.39 Å². The van der Waals surface area contributed by atoms with Crippen LogP contribution in [0.3, 0.4) is 0 Å². The first kappa shape index (κ1) is 15.6. The number of H-pyrrole nitrogens is 1. The fraction of sp³-hybridized carbons (Fsp3) is 0.450. The SMILES string of the molecule is Fc1ccc([C@@H]2CN(C[C@@H]3CC=CCC3)C[C@H]2c2ccn[nH]2)cc1. The number of likely N-dealkylation sites (tertiary alicyclic amines) is 1. The van der Waals surface area contributed by atoms with E-state index in [-0.39, 0.29) is 5.82 Å². The normalized spacial score (nSPS) is 27.6. The number of allylic oxidation sites excluding steroid dienone is 2. The molecule has 24 heavy (non-hydrogen) atoms. The Kier molecular flexibility index (Phi) is 4.48. The average molecular weight is 325 g/mol. The minimum atomic E-state index is -0.166. The van der Waals surface area contributed by atoms with Crippen molar-refractivity contribution < 1.29 is 4.39 Å². The molecule has 1 aliphatic heterocycles. The Morgan fingerprint density at radius 1 is 1.08 bits per heavy atom. The molecule has 1 saturated heterocycles. The molecule has 1 aliphatic carbocycles. The molecule has 0 bridgehead atoms. The maximum absolute atomic E-state index is 13.3. The molecule has 1 fully saturated rings. The van der Waals surface area contributed by atoms with Crippen molar-refractivity contribution in [3.05, 3.63) is 65.8 Å². The molecule has 0 amide bonds. The predicted octanol–water partition coefficient (Wildman–Crippen LogP) is 4.09. The number of aromatic nitrogens is 2. The molecule has 1 N–H and O–H groups in total. The lowest BCUT2D eigenvalue weighted by molar-refractivity contribution is 0.261. The maximum atomic E-state index is 13.3. The predicted molar refractivity (Wildman–Crippen MR) is 93.4 cm³/mol. The topological polar surface area (TPSA) is 31.9 Å². The summed E-state index contributed by atoms with van der Waals surface area (Å²) in [5.74, 6) is 1.40. The van der Waals surface area contributed by atoms with Gasteiger partial charge in [0, 0.05) is 43.4 Å². The molecule has 0 unspecified atom stereocenters. The van der Waals surface area contributed by atoms with Crippen LogP contribution in [-0.2, 0) is 0 Å². The minimum Gasteiger partial charge on any atom is -0.302 e. The molecule has 2 aromatic rings. The summed E-state index contributed by atoms with van der Waals surface area (Å²) in [4.78, 5) is 2.59. The number of hydrogen-bond donors (Lipinski definition) is 1. The van der Waals surface area contributed by atoms with Crippen molar-refractivity contribution in [2.75, 3.05) is 19.6 Å². The molecule has 2 heterocycles. The van der Waals surface area contributed by atoms with Crippen LogP contribution in [0.1, 0.15) is 42.4 Å². The van der Waals surface area contributed by atoms with Gasteiger partial charge in [0.25, 0.3) is 0 Å². The molecule has 3 atom stereocenters. The molecule has 1 aromatic carbocycles. The lowest BCUT2D eigenvalue weighted by Gasteiger charge is -2.24. The highest BCUT2D eigenvalue weighted by molar-refractivity contribution is 5.28. The molecular weight excluding hydrogens is 301 g/mol. The van der Waals surface area contributed by atoms with E-state index in [0.717, 1.165) is 25.6 Å². The lowest BCUT2D eigenvalue weighted by Crippen LogP contribution is -2.28. The van der Waals surface area contributed by atoms with E-state index in [4.69, 9.17) is 0 Å². The van der Waals surface area contributed by atoms with Crippen LogP contribution in [0.5, 0.6) is 0 Å². The first-order chi connectivity index (χ1) is 11.8. The van der Waals surface area contributed by atoms with Gasteiger partial charge in [0.1, 0.15) is 5.82 Å². The van der Waals surface area contributed by atoms with E-state index in [1.807, 2.05) is 18.3 Å². The van der Waals surface area contributed by atoms with Crippen LogP contribution in [0.15, 0.2) is 48.7 Å². The molecule has 4 rings (SSSR count). The maximum Gasteiger partial charge on any atom is 0.123 e. The third-order valence-corrected chi connectivity index (χ3v) is 5.51. The Balaban J connectivity index is 1.53. The molecule has 0 radical (unpaired) electrons. The summed E-state index contributed by atoms with van der Waals surface area (Å²) >= 11 is 0. The second-order valence-electron chi connectivity index (χ2n) is 7.15. The number of benzene rings is 1. The van der Waals surface area contributed by atoms with Crippen LogP contribution >= 0.6 is 0 Å². The number of hydrogen-bond acceptors (Lipinski definition) is 2. The van der Waals surface area contributed by atoms with Crippen LogP contribution in [0.4, 0.5) is 4.39 Å². The van der Waals surface area contributed by atoms with Gasteiger partial charge in [0.05, 0.1) is 0 Å². The van der Waals surface area contributed by atoms with Gasteiger partial charge in [-0.2, -0.15) is 5.10 Å². The van der Waals surface area contributed by atoms with Crippen molar-refractivity contribution in [1.82, 2.24) is 15.1 Å². The summed E-state index contributed by atoms with van der Waals surface area (Å²) in [6, 6.07) is 9.11. The number of rotatable bonds is 4. The van der Waals surface area contributed by atoms with Gasteiger partial charge < -0.3 is 4.90 Å². The van der Waals surface area contributed by atoms with E-state index < -0.39 is 0 Å². The van der Waals surface area contributed by atoms with Crippen molar-refractivity contribution in [1.29, 1.82) is 0 Å². The van der Waals surface area contributed by atoms with E-state index in [1.165, 1.54) is 30.5 Å². The third kappa shape index (κ3) is 3.29. The Labute approximate surface area is 142 Å². The summed E-state index contributed by atoms with van der Waals surface area (Å²) < 4.78 is 13.3. The van der Waals surface area contributed by atoms with Crippen molar-refractivity contribution in [3.8, 4) is 0 Å². The van der Waals surface area contributed by atoms with E-state index in [2.05, 4.69) is 33.3 Å². The molecule has 4 heteroatoms. The minimum absolute atomic E-state index is 0.166. The first-order valence-corrected chi connectivity index (χ1v) is 8.91. The Hall–Kier alpha value is -1.94. The van der Waals surface area contributed by atoms with Gasteiger partial charge in [-0.3, -0.25) is 5.10 Å². The van der Waals surface area contributed by atoms with Gasteiger partial charge >= 0.3 is 0 Å². The lowest BCUT2D eigenvalue weighted by atomic mass is 9.87. The van der Waals surface area contributed by atoms with Crippen molar-refractivity contribution in [3.63, 3.8) is 0 Å². The van der Waals surface area contributed by atoms with E-state index in [0.29, 0.717) is 11.8 Å². The first-order valence-electron chi connectivity index (χ1n) is 8.91. The molecule has 0 spiro atoms. The van der Waals surface area contributed by atoms with Gasteiger partial charge in [0.15, 0.2) is 0 Å². The van der Waals surface area contributed by atoms with E-state index in [9.17, 15) is 4.39 Å². The third-order valence-electron chi connectivity index (χ3n) is 5.51. The summed E-state index contributed by atoms with van der Waals surface area (Å²) in [6.07, 6.45) is 10.2. The highest BCUT2D eigenvalue weighted by Gasteiger charge is 2.36. The molecule has 2 aliphatic rings. The van der Waals surface area contributed by atoms with Crippen LogP contribution in [0, 0.1) is 11.7 Å². The Bertz CT molecular complexity index is 677.